The third-order valence-corrected chi connectivity index (χ3v) is 4.52. The van der Waals surface area contributed by atoms with E-state index < -0.39 is 0 Å². The molecule has 1 aliphatic carbocycles. The molecule has 1 saturated carbocycles. The summed E-state index contributed by atoms with van der Waals surface area (Å²) in [6, 6.07) is 6.61. The number of nitrogens with one attached hydrogen (secondary N) is 1. The number of hydrogen-bond donors (Lipinski definition) is 2. The Balaban J connectivity index is 2.08. The van der Waals surface area contributed by atoms with Gasteiger partial charge in [-0.05, 0) is 43.5 Å². The van der Waals surface area contributed by atoms with Crippen LogP contribution in [-0.4, -0.2) is 30.9 Å². The molecule has 4 heteroatoms. The molecule has 0 heterocycles. The molecule has 0 radical (unpaired) electrons. The topological polar surface area (TPSA) is 62.3 Å². The van der Waals surface area contributed by atoms with Crippen LogP contribution < -0.4 is 10.5 Å². The van der Waals surface area contributed by atoms with E-state index in [-0.39, 0.29) is 5.84 Å². The van der Waals surface area contributed by atoms with Crippen molar-refractivity contribution in [3.8, 4) is 5.75 Å². The summed E-state index contributed by atoms with van der Waals surface area (Å²) in [4.78, 5) is 2.43. The Kier molecular flexibility index (Phi) is 5.23. The van der Waals surface area contributed by atoms with Gasteiger partial charge in [0.15, 0.2) is 0 Å². The highest BCUT2D eigenvalue weighted by Gasteiger charge is 2.22. The summed E-state index contributed by atoms with van der Waals surface area (Å²) in [6.07, 6.45) is 5.27. The minimum atomic E-state index is 0.0580. The summed E-state index contributed by atoms with van der Waals surface area (Å²) in [7, 11) is 3.80. The summed E-state index contributed by atoms with van der Waals surface area (Å²) in [6.45, 7) is 3.24. The normalized spacial score (nSPS) is 22.3. The average Bonchev–Trinajstić information content (AvgIpc) is 2.47. The van der Waals surface area contributed by atoms with Gasteiger partial charge in [-0.3, -0.25) is 10.3 Å². The van der Waals surface area contributed by atoms with Crippen LogP contribution >= 0.6 is 0 Å². The van der Waals surface area contributed by atoms with Gasteiger partial charge in [0.25, 0.3) is 0 Å². The molecule has 0 saturated heterocycles. The van der Waals surface area contributed by atoms with Crippen LogP contribution in [0.5, 0.6) is 5.75 Å². The monoisotopic (exact) mass is 289 g/mol. The van der Waals surface area contributed by atoms with E-state index in [1.54, 1.807) is 7.11 Å². The molecule has 0 bridgehead atoms. The molecular weight excluding hydrogens is 262 g/mol. The number of ether oxygens (including phenoxy) is 1. The lowest BCUT2D eigenvalue weighted by atomic mass is 9.86. The second kappa shape index (κ2) is 6.94. The highest BCUT2D eigenvalue weighted by molar-refractivity contribution is 5.97. The third kappa shape index (κ3) is 3.97. The van der Waals surface area contributed by atoms with Crippen molar-refractivity contribution in [3.05, 3.63) is 29.3 Å². The third-order valence-electron chi connectivity index (χ3n) is 4.52. The van der Waals surface area contributed by atoms with Crippen LogP contribution in [0.4, 0.5) is 0 Å². The zero-order valence-corrected chi connectivity index (χ0v) is 13.4. The second-order valence-electron chi connectivity index (χ2n) is 6.29. The number of methoxy groups -OCH3 is 1. The van der Waals surface area contributed by atoms with Crippen LogP contribution in [0.3, 0.4) is 0 Å². The zero-order chi connectivity index (χ0) is 15.4. The summed E-state index contributed by atoms with van der Waals surface area (Å²) in [5, 5.41) is 7.67. The highest BCUT2D eigenvalue weighted by Crippen LogP contribution is 2.28. The summed E-state index contributed by atoms with van der Waals surface area (Å²) in [5.41, 5.74) is 7.50. The number of hydrogen-bond acceptors (Lipinski definition) is 3. The molecule has 1 aromatic carbocycles. The van der Waals surface area contributed by atoms with Crippen molar-refractivity contribution >= 4 is 5.84 Å². The Morgan fingerprint density at radius 2 is 2.19 bits per heavy atom. The molecule has 1 aliphatic rings. The predicted molar refractivity (Wildman–Crippen MR) is 86.9 cm³/mol. The van der Waals surface area contributed by atoms with Gasteiger partial charge in [-0.2, -0.15) is 0 Å². The standard InChI is InChI=1S/C17H27N3O/c1-12-5-4-6-14(9-12)20(2)11-13-7-8-16(21-3)15(10-13)17(18)19/h7-8,10,12,14H,4-6,9,11H2,1-3H3,(H3,18,19). The van der Waals surface area contributed by atoms with Gasteiger partial charge in [0, 0.05) is 12.6 Å². The van der Waals surface area contributed by atoms with Gasteiger partial charge in [0.05, 0.1) is 12.7 Å². The SMILES string of the molecule is COc1ccc(CN(C)C2CCCC(C)C2)cc1C(=N)N. The van der Waals surface area contributed by atoms with Gasteiger partial charge < -0.3 is 10.5 Å². The van der Waals surface area contributed by atoms with Crippen LogP contribution in [-0.2, 0) is 6.54 Å². The Morgan fingerprint density at radius 1 is 1.43 bits per heavy atom. The maximum atomic E-state index is 7.67. The highest BCUT2D eigenvalue weighted by atomic mass is 16.5. The second-order valence-corrected chi connectivity index (χ2v) is 6.29. The molecule has 1 fully saturated rings. The molecule has 0 aliphatic heterocycles. The van der Waals surface area contributed by atoms with Crippen LogP contribution in [0.1, 0.15) is 43.7 Å². The van der Waals surface area contributed by atoms with Crippen molar-refractivity contribution in [2.75, 3.05) is 14.2 Å². The molecule has 2 rings (SSSR count). The Bertz CT molecular complexity index is 501. The first-order chi connectivity index (χ1) is 10.0. The fourth-order valence-corrected chi connectivity index (χ4v) is 3.28. The Labute approximate surface area is 127 Å². The molecule has 4 nitrogen and oxygen atoms in total. The van der Waals surface area contributed by atoms with E-state index >= 15 is 0 Å². The van der Waals surface area contributed by atoms with Gasteiger partial charge in [0.2, 0.25) is 0 Å². The summed E-state index contributed by atoms with van der Waals surface area (Å²) in [5.74, 6) is 1.55. The lowest BCUT2D eigenvalue weighted by Gasteiger charge is -2.34. The number of amidine groups is 1. The number of rotatable bonds is 5. The fourth-order valence-electron chi connectivity index (χ4n) is 3.28. The van der Waals surface area contributed by atoms with Crippen molar-refractivity contribution in [2.45, 2.75) is 45.2 Å². The zero-order valence-electron chi connectivity index (χ0n) is 13.4. The largest absolute Gasteiger partial charge is 0.496 e. The predicted octanol–water partition coefficient (Wildman–Crippen LogP) is 2.99. The molecule has 0 aromatic heterocycles. The van der Waals surface area contributed by atoms with E-state index in [9.17, 15) is 0 Å². The van der Waals surface area contributed by atoms with E-state index in [0.29, 0.717) is 17.4 Å². The van der Waals surface area contributed by atoms with Gasteiger partial charge >= 0.3 is 0 Å². The lowest BCUT2D eigenvalue weighted by molar-refractivity contribution is 0.157. The molecule has 2 atom stereocenters. The van der Waals surface area contributed by atoms with Crippen molar-refractivity contribution in [1.82, 2.24) is 4.90 Å². The van der Waals surface area contributed by atoms with Gasteiger partial charge in [-0.1, -0.05) is 25.8 Å². The average molecular weight is 289 g/mol. The van der Waals surface area contributed by atoms with Gasteiger partial charge in [0.1, 0.15) is 11.6 Å². The molecule has 1 aromatic rings. The molecular formula is C17H27N3O. The van der Waals surface area contributed by atoms with Crippen LogP contribution in [0.15, 0.2) is 18.2 Å². The molecule has 0 spiro atoms. The van der Waals surface area contributed by atoms with Crippen molar-refractivity contribution in [2.24, 2.45) is 11.7 Å². The lowest BCUT2D eigenvalue weighted by Crippen LogP contribution is -2.35. The van der Waals surface area contributed by atoms with E-state index in [2.05, 4.69) is 24.9 Å². The number of nitrogen functional groups attached to an aromatic ring is 1. The minimum absolute atomic E-state index is 0.0580. The fraction of sp³-hybridized carbons (Fsp3) is 0.588. The van der Waals surface area contributed by atoms with E-state index in [1.165, 1.54) is 31.2 Å². The van der Waals surface area contributed by atoms with Gasteiger partial charge in [-0.15, -0.1) is 0 Å². The Hall–Kier alpha value is -1.55. The minimum Gasteiger partial charge on any atom is -0.496 e. The molecule has 0 amide bonds. The van der Waals surface area contributed by atoms with Crippen LogP contribution in [0, 0.1) is 11.3 Å². The number of nitrogens with zero attached hydrogens (tertiary/aromatic N) is 1. The maximum absolute atomic E-state index is 7.67. The first kappa shape index (κ1) is 15.8. The molecule has 2 unspecified atom stereocenters. The number of nitrogens with two attached hydrogens (primary N) is 1. The molecule has 3 N–H and O–H groups in total. The number of benzene rings is 1. The Morgan fingerprint density at radius 3 is 2.81 bits per heavy atom. The van der Waals surface area contributed by atoms with Crippen LogP contribution in [0.25, 0.3) is 0 Å². The van der Waals surface area contributed by atoms with Crippen molar-refractivity contribution in [1.29, 1.82) is 5.41 Å². The van der Waals surface area contributed by atoms with Crippen molar-refractivity contribution < 1.29 is 4.74 Å². The first-order valence-electron chi connectivity index (χ1n) is 7.72. The first-order valence-corrected chi connectivity index (χ1v) is 7.72. The summed E-state index contributed by atoms with van der Waals surface area (Å²) < 4.78 is 5.26. The van der Waals surface area contributed by atoms with Crippen LogP contribution in [0.2, 0.25) is 0 Å². The van der Waals surface area contributed by atoms with E-state index in [4.69, 9.17) is 15.9 Å². The molecule has 21 heavy (non-hydrogen) atoms. The quantitative estimate of drug-likeness (QED) is 0.647. The van der Waals surface area contributed by atoms with Gasteiger partial charge in [-0.25, -0.2) is 0 Å². The maximum Gasteiger partial charge on any atom is 0.129 e. The summed E-state index contributed by atoms with van der Waals surface area (Å²) >= 11 is 0. The van der Waals surface area contributed by atoms with Crippen molar-refractivity contribution in [3.63, 3.8) is 0 Å². The smallest absolute Gasteiger partial charge is 0.129 e. The van der Waals surface area contributed by atoms with E-state index in [0.717, 1.165) is 12.5 Å². The van der Waals surface area contributed by atoms with E-state index in [1.807, 2.05) is 12.1 Å². The molecule has 116 valence electrons.